The first-order valence-electron chi connectivity index (χ1n) is 10.4. The summed E-state index contributed by atoms with van der Waals surface area (Å²) >= 11 is 3.50. The van der Waals surface area contributed by atoms with E-state index in [0.29, 0.717) is 57.7 Å². The lowest BCUT2D eigenvalue weighted by Crippen LogP contribution is -2.27. The van der Waals surface area contributed by atoms with Crippen molar-refractivity contribution in [2.75, 3.05) is 7.11 Å². The summed E-state index contributed by atoms with van der Waals surface area (Å²) in [6.45, 7) is 0.0668. The maximum atomic E-state index is 12.8. The van der Waals surface area contributed by atoms with Gasteiger partial charge in [0.15, 0.2) is 17.3 Å². The first-order chi connectivity index (χ1) is 16.3. The van der Waals surface area contributed by atoms with Crippen molar-refractivity contribution >= 4 is 27.4 Å². The molecule has 0 saturated heterocycles. The van der Waals surface area contributed by atoms with E-state index < -0.39 is 10.8 Å². The van der Waals surface area contributed by atoms with Gasteiger partial charge in [0, 0.05) is 30.5 Å². The normalized spacial score (nSPS) is 17.6. The number of nitriles is 1. The van der Waals surface area contributed by atoms with Crippen molar-refractivity contribution in [2.45, 2.75) is 31.8 Å². The third kappa shape index (κ3) is 4.34. The number of benzene rings is 2. The number of nitrogens with two attached hydrogens (primary N) is 1. The van der Waals surface area contributed by atoms with E-state index in [2.05, 4.69) is 22.0 Å². The summed E-state index contributed by atoms with van der Waals surface area (Å²) in [6.07, 6.45) is 1.61. The Labute approximate surface area is 203 Å². The number of nitrogens with zero attached hydrogens (tertiary/aromatic N) is 2. The first kappa shape index (κ1) is 23.3. The lowest BCUT2D eigenvalue weighted by molar-refractivity contribution is -0.384. The minimum Gasteiger partial charge on any atom is -0.493 e. The van der Waals surface area contributed by atoms with Crippen LogP contribution < -0.4 is 15.2 Å². The quantitative estimate of drug-likeness (QED) is 0.420. The molecule has 2 aromatic rings. The molecule has 0 bridgehead atoms. The van der Waals surface area contributed by atoms with Gasteiger partial charge in [-0.05, 0) is 45.6 Å². The SMILES string of the molecule is COc1cc([C@H]2C(C#N)=C(N)OC3=C2C(=O)CCC3)cc(Br)c1OCc1cccc([N+](=O)[O-])c1. The fourth-order valence-electron chi connectivity index (χ4n) is 4.15. The predicted molar refractivity (Wildman–Crippen MR) is 125 cm³/mol. The summed E-state index contributed by atoms with van der Waals surface area (Å²) in [5, 5.41) is 20.8. The standard InChI is InChI=1S/C24H20BrN3O6/c1-32-20-10-14(21-16(11-26)24(27)34-19-7-3-6-18(29)22(19)21)9-17(25)23(20)33-12-13-4-2-5-15(8-13)28(30)31/h2,4-5,8-10,21H,3,6-7,12,27H2,1H3/t21-/m0/s1. The van der Waals surface area contributed by atoms with Gasteiger partial charge >= 0.3 is 0 Å². The number of halogens is 1. The molecule has 1 aliphatic heterocycles. The zero-order valence-electron chi connectivity index (χ0n) is 18.2. The van der Waals surface area contributed by atoms with E-state index in [1.165, 1.54) is 19.2 Å². The Bertz CT molecular complexity index is 1290. The molecular weight excluding hydrogens is 506 g/mol. The topological polar surface area (TPSA) is 138 Å². The predicted octanol–water partition coefficient (Wildman–Crippen LogP) is 4.76. The highest BCUT2D eigenvalue weighted by Gasteiger charge is 2.38. The number of carbonyl (C=O) groups is 1. The van der Waals surface area contributed by atoms with E-state index in [-0.39, 0.29) is 29.5 Å². The molecule has 1 atom stereocenters. The Morgan fingerprint density at radius 2 is 2.12 bits per heavy atom. The number of hydrogen-bond acceptors (Lipinski definition) is 8. The van der Waals surface area contributed by atoms with Crippen LogP contribution in [0, 0.1) is 21.4 Å². The van der Waals surface area contributed by atoms with Crippen molar-refractivity contribution in [3.8, 4) is 17.6 Å². The zero-order valence-corrected chi connectivity index (χ0v) is 19.8. The summed E-state index contributed by atoms with van der Waals surface area (Å²) in [5.41, 5.74) is 7.83. The molecule has 2 aromatic carbocycles. The van der Waals surface area contributed by atoms with Gasteiger partial charge in [0.1, 0.15) is 24.0 Å². The average molecular weight is 526 g/mol. The van der Waals surface area contributed by atoms with Gasteiger partial charge in [0.2, 0.25) is 5.88 Å². The molecule has 2 N–H and O–H groups in total. The minimum absolute atomic E-state index is 0.0120. The number of hydrogen-bond donors (Lipinski definition) is 1. The molecule has 174 valence electrons. The maximum Gasteiger partial charge on any atom is 0.269 e. The molecule has 0 aromatic heterocycles. The lowest BCUT2D eigenvalue weighted by atomic mass is 9.77. The van der Waals surface area contributed by atoms with Crippen LogP contribution in [0.15, 0.2) is 63.7 Å². The average Bonchev–Trinajstić information content (AvgIpc) is 2.82. The third-order valence-corrected chi connectivity index (χ3v) is 6.28. The molecule has 1 heterocycles. The van der Waals surface area contributed by atoms with E-state index in [0.717, 1.165) is 0 Å². The molecular formula is C24H20BrN3O6. The number of methoxy groups -OCH3 is 1. The summed E-state index contributed by atoms with van der Waals surface area (Å²) < 4.78 is 17.6. The van der Waals surface area contributed by atoms with Gasteiger partial charge in [0.25, 0.3) is 5.69 Å². The molecule has 1 aliphatic carbocycles. The number of ketones is 1. The van der Waals surface area contributed by atoms with Crippen LogP contribution in [0.25, 0.3) is 0 Å². The number of rotatable bonds is 6. The molecule has 0 unspecified atom stereocenters. The highest BCUT2D eigenvalue weighted by atomic mass is 79.9. The van der Waals surface area contributed by atoms with Crippen LogP contribution in [0.4, 0.5) is 5.69 Å². The number of ether oxygens (including phenoxy) is 3. The van der Waals surface area contributed by atoms with Gasteiger partial charge in [-0.25, -0.2) is 0 Å². The van der Waals surface area contributed by atoms with Crippen LogP contribution >= 0.6 is 15.9 Å². The van der Waals surface area contributed by atoms with E-state index in [4.69, 9.17) is 19.9 Å². The smallest absolute Gasteiger partial charge is 0.269 e. The second-order valence-electron chi connectivity index (χ2n) is 7.79. The van der Waals surface area contributed by atoms with Gasteiger partial charge < -0.3 is 19.9 Å². The fourth-order valence-corrected chi connectivity index (χ4v) is 4.73. The van der Waals surface area contributed by atoms with Crippen LogP contribution in [-0.2, 0) is 16.1 Å². The van der Waals surface area contributed by atoms with Gasteiger partial charge in [-0.2, -0.15) is 5.26 Å². The number of non-ortho nitro benzene ring substituents is 1. The molecule has 4 rings (SSSR count). The number of nitro benzene ring substituents is 1. The summed E-state index contributed by atoms with van der Waals surface area (Å²) in [5.74, 6) is 0.470. The molecule has 0 saturated carbocycles. The van der Waals surface area contributed by atoms with E-state index in [9.17, 15) is 20.2 Å². The first-order valence-corrected chi connectivity index (χ1v) is 11.2. The van der Waals surface area contributed by atoms with Gasteiger partial charge in [-0.3, -0.25) is 14.9 Å². The molecule has 0 amide bonds. The largest absolute Gasteiger partial charge is 0.493 e. The number of nitro groups is 1. The van der Waals surface area contributed by atoms with Crippen LogP contribution in [0.5, 0.6) is 11.5 Å². The Morgan fingerprint density at radius 3 is 2.82 bits per heavy atom. The molecule has 0 radical (unpaired) electrons. The Morgan fingerprint density at radius 1 is 1.32 bits per heavy atom. The van der Waals surface area contributed by atoms with E-state index in [1.54, 1.807) is 24.3 Å². The van der Waals surface area contributed by atoms with Crippen molar-refractivity contribution < 1.29 is 23.9 Å². The van der Waals surface area contributed by atoms with Crippen molar-refractivity contribution in [3.05, 3.63) is 84.9 Å². The van der Waals surface area contributed by atoms with E-state index in [1.807, 2.05) is 0 Å². The molecule has 10 heteroatoms. The Balaban J connectivity index is 1.71. The third-order valence-electron chi connectivity index (χ3n) is 5.69. The summed E-state index contributed by atoms with van der Waals surface area (Å²) in [4.78, 5) is 23.4. The van der Waals surface area contributed by atoms with Gasteiger partial charge in [-0.15, -0.1) is 0 Å². The monoisotopic (exact) mass is 525 g/mol. The molecule has 9 nitrogen and oxygen atoms in total. The Hall–Kier alpha value is -3.84. The molecule has 2 aliphatic rings. The lowest BCUT2D eigenvalue weighted by Gasteiger charge is -2.31. The summed E-state index contributed by atoms with van der Waals surface area (Å²) in [6, 6.07) is 11.7. The second kappa shape index (κ2) is 9.57. The zero-order chi connectivity index (χ0) is 24.4. The molecule has 0 fully saturated rings. The van der Waals surface area contributed by atoms with Crippen molar-refractivity contribution in [1.29, 1.82) is 5.26 Å². The van der Waals surface area contributed by atoms with Crippen LogP contribution in [0.2, 0.25) is 0 Å². The minimum atomic E-state index is -0.683. The number of carbonyl (C=O) groups excluding carboxylic acids is 1. The molecule has 0 spiro atoms. The highest BCUT2D eigenvalue weighted by Crippen LogP contribution is 2.47. The van der Waals surface area contributed by atoms with Gasteiger partial charge in [0.05, 0.1) is 22.4 Å². The Kier molecular flexibility index (Phi) is 6.56. The second-order valence-corrected chi connectivity index (χ2v) is 8.64. The summed E-state index contributed by atoms with van der Waals surface area (Å²) in [7, 11) is 1.47. The fraction of sp³-hybridized carbons (Fsp3) is 0.250. The molecule has 34 heavy (non-hydrogen) atoms. The van der Waals surface area contributed by atoms with Crippen LogP contribution in [0.1, 0.15) is 36.3 Å². The maximum absolute atomic E-state index is 12.8. The number of allylic oxidation sites excluding steroid dienone is 3. The van der Waals surface area contributed by atoms with Crippen LogP contribution in [-0.4, -0.2) is 17.8 Å². The highest BCUT2D eigenvalue weighted by molar-refractivity contribution is 9.10. The van der Waals surface area contributed by atoms with Crippen molar-refractivity contribution in [3.63, 3.8) is 0 Å². The van der Waals surface area contributed by atoms with Crippen molar-refractivity contribution in [1.82, 2.24) is 0 Å². The number of Topliss-reactive ketones (excluding diaryl/α,β-unsaturated/α-hetero) is 1. The van der Waals surface area contributed by atoms with E-state index >= 15 is 0 Å². The van der Waals surface area contributed by atoms with Gasteiger partial charge in [-0.1, -0.05) is 12.1 Å². The van der Waals surface area contributed by atoms with Crippen LogP contribution in [0.3, 0.4) is 0 Å². The van der Waals surface area contributed by atoms with Crippen molar-refractivity contribution in [2.24, 2.45) is 5.73 Å².